The molecule has 0 aromatic heterocycles. The van der Waals surface area contributed by atoms with E-state index in [4.69, 9.17) is 9.47 Å². The van der Waals surface area contributed by atoms with Gasteiger partial charge in [0.1, 0.15) is 5.75 Å². The van der Waals surface area contributed by atoms with Gasteiger partial charge in [-0.2, -0.15) is 0 Å². The predicted molar refractivity (Wildman–Crippen MR) is 106 cm³/mol. The highest BCUT2D eigenvalue weighted by atomic mass is 16.5. The van der Waals surface area contributed by atoms with E-state index in [-0.39, 0.29) is 23.2 Å². The van der Waals surface area contributed by atoms with Gasteiger partial charge in [0.15, 0.2) is 6.10 Å². The molecule has 1 aromatic carbocycles. The van der Waals surface area contributed by atoms with E-state index >= 15 is 0 Å². The van der Waals surface area contributed by atoms with Crippen molar-refractivity contribution in [2.24, 2.45) is 5.92 Å². The fraction of sp³-hybridized carbons (Fsp3) is 0.636. The van der Waals surface area contributed by atoms with Crippen molar-refractivity contribution in [1.82, 2.24) is 4.90 Å². The van der Waals surface area contributed by atoms with Gasteiger partial charge < -0.3 is 14.4 Å². The molecule has 27 heavy (non-hydrogen) atoms. The number of likely N-dealkylation sites (tertiary alicyclic amines) is 1. The van der Waals surface area contributed by atoms with E-state index in [9.17, 15) is 9.59 Å². The van der Waals surface area contributed by atoms with Crippen LogP contribution in [0.4, 0.5) is 0 Å². The van der Waals surface area contributed by atoms with Gasteiger partial charge in [0.05, 0.1) is 12.5 Å². The third-order valence-electron chi connectivity index (χ3n) is 5.07. The van der Waals surface area contributed by atoms with Crippen molar-refractivity contribution in [3.8, 4) is 5.75 Å². The molecule has 2 rings (SSSR count). The molecular formula is C22H33NO4. The Balaban J connectivity index is 1.93. The molecule has 1 aliphatic heterocycles. The van der Waals surface area contributed by atoms with Crippen molar-refractivity contribution >= 4 is 11.9 Å². The molecule has 5 nitrogen and oxygen atoms in total. The van der Waals surface area contributed by atoms with Crippen molar-refractivity contribution in [1.29, 1.82) is 0 Å². The minimum atomic E-state index is -0.496. The van der Waals surface area contributed by atoms with Gasteiger partial charge in [-0.05, 0) is 49.3 Å². The first-order valence-corrected chi connectivity index (χ1v) is 9.98. The van der Waals surface area contributed by atoms with E-state index in [0.717, 1.165) is 0 Å². The molecule has 1 atom stereocenters. The predicted octanol–water partition coefficient (Wildman–Crippen LogP) is 3.94. The lowest BCUT2D eigenvalue weighted by atomic mass is 9.87. The Labute approximate surface area is 163 Å². The lowest BCUT2D eigenvalue weighted by molar-refractivity contribution is -0.152. The lowest BCUT2D eigenvalue weighted by Crippen LogP contribution is -2.46. The largest absolute Gasteiger partial charge is 0.481 e. The Morgan fingerprint density at radius 3 is 2.19 bits per heavy atom. The summed E-state index contributed by atoms with van der Waals surface area (Å²) in [5.41, 5.74) is 1.32. The number of piperidine rings is 1. The van der Waals surface area contributed by atoms with Gasteiger partial charge in [0, 0.05) is 13.1 Å². The first-order valence-electron chi connectivity index (χ1n) is 9.98. The fourth-order valence-corrected chi connectivity index (χ4v) is 3.31. The molecule has 1 amide bonds. The molecule has 0 radical (unpaired) electrons. The summed E-state index contributed by atoms with van der Waals surface area (Å²) >= 11 is 0. The molecular weight excluding hydrogens is 342 g/mol. The van der Waals surface area contributed by atoms with Gasteiger partial charge >= 0.3 is 5.97 Å². The number of nitrogens with zero attached hydrogens (tertiary/aromatic N) is 1. The second-order valence-electron chi connectivity index (χ2n) is 8.14. The van der Waals surface area contributed by atoms with Crippen LogP contribution < -0.4 is 4.74 Å². The number of carbonyl (C=O) groups excluding carboxylic acids is 2. The summed E-state index contributed by atoms with van der Waals surface area (Å²) in [7, 11) is 0. The first kappa shape index (κ1) is 21.3. The molecule has 1 fully saturated rings. The quantitative estimate of drug-likeness (QED) is 0.707. The highest BCUT2D eigenvalue weighted by Crippen LogP contribution is 2.26. The smallest absolute Gasteiger partial charge is 0.309 e. The molecule has 0 bridgehead atoms. The fourth-order valence-electron chi connectivity index (χ4n) is 3.31. The number of hydrogen-bond acceptors (Lipinski definition) is 4. The van der Waals surface area contributed by atoms with Crippen LogP contribution in [-0.2, 0) is 19.7 Å². The van der Waals surface area contributed by atoms with Crippen molar-refractivity contribution < 1.29 is 19.1 Å². The Kier molecular flexibility index (Phi) is 7.28. The minimum absolute atomic E-state index is 0.000271. The van der Waals surface area contributed by atoms with Gasteiger partial charge in [0.2, 0.25) is 0 Å². The maximum atomic E-state index is 12.8. The van der Waals surface area contributed by atoms with E-state index in [1.54, 1.807) is 0 Å². The van der Waals surface area contributed by atoms with Gasteiger partial charge in [-0.3, -0.25) is 9.59 Å². The maximum absolute atomic E-state index is 12.8. The van der Waals surface area contributed by atoms with Crippen LogP contribution in [0.15, 0.2) is 24.3 Å². The number of amides is 1. The van der Waals surface area contributed by atoms with Gasteiger partial charge in [0.25, 0.3) is 5.91 Å². The van der Waals surface area contributed by atoms with Crippen LogP contribution >= 0.6 is 0 Å². The summed E-state index contributed by atoms with van der Waals surface area (Å²) in [5.74, 6) is 0.469. The average molecular weight is 376 g/mol. The van der Waals surface area contributed by atoms with Crippen LogP contribution in [0.5, 0.6) is 5.75 Å². The van der Waals surface area contributed by atoms with Gasteiger partial charge in [-0.25, -0.2) is 0 Å². The van der Waals surface area contributed by atoms with Crippen LogP contribution in [0, 0.1) is 5.92 Å². The maximum Gasteiger partial charge on any atom is 0.309 e. The Morgan fingerprint density at radius 2 is 1.70 bits per heavy atom. The summed E-state index contributed by atoms with van der Waals surface area (Å²) < 4.78 is 11.1. The number of benzene rings is 1. The summed E-state index contributed by atoms with van der Waals surface area (Å²) in [6, 6.07) is 7.97. The van der Waals surface area contributed by atoms with Crippen LogP contribution in [0.3, 0.4) is 0 Å². The minimum Gasteiger partial charge on any atom is -0.481 e. The van der Waals surface area contributed by atoms with E-state index < -0.39 is 6.10 Å². The normalized spacial score (nSPS) is 16.7. The number of hydrogen-bond donors (Lipinski definition) is 0. The zero-order chi connectivity index (χ0) is 20.0. The molecule has 1 heterocycles. The second-order valence-corrected chi connectivity index (χ2v) is 8.14. The number of rotatable bonds is 6. The van der Waals surface area contributed by atoms with E-state index in [1.165, 1.54) is 5.56 Å². The summed E-state index contributed by atoms with van der Waals surface area (Å²) in [6.45, 7) is 11.8. The third-order valence-corrected chi connectivity index (χ3v) is 5.07. The zero-order valence-electron chi connectivity index (χ0n) is 17.3. The number of esters is 1. The summed E-state index contributed by atoms with van der Waals surface area (Å²) in [6.07, 6.45) is 1.42. The standard InChI is InChI=1S/C22H33NO4/c1-6-19(27-18-10-8-17(9-11-18)22(3,4)5)20(24)23-14-12-16(13-15-23)21(25)26-7-2/h8-11,16,19H,6-7,12-15H2,1-5H3. The molecule has 0 saturated carbocycles. The van der Waals surface area contributed by atoms with Crippen molar-refractivity contribution in [2.45, 2.75) is 65.4 Å². The molecule has 0 N–H and O–H groups in total. The van der Waals surface area contributed by atoms with Crippen LogP contribution in [0.25, 0.3) is 0 Å². The second kappa shape index (κ2) is 9.25. The first-order chi connectivity index (χ1) is 12.8. The molecule has 150 valence electrons. The Hall–Kier alpha value is -2.04. The Morgan fingerprint density at radius 1 is 1.11 bits per heavy atom. The third kappa shape index (κ3) is 5.72. The van der Waals surface area contributed by atoms with Crippen molar-refractivity contribution in [3.63, 3.8) is 0 Å². The summed E-state index contributed by atoms with van der Waals surface area (Å²) in [4.78, 5) is 26.5. The molecule has 1 saturated heterocycles. The molecule has 0 aliphatic carbocycles. The highest BCUT2D eigenvalue weighted by molar-refractivity contribution is 5.81. The highest BCUT2D eigenvalue weighted by Gasteiger charge is 2.31. The average Bonchev–Trinajstić information content (AvgIpc) is 2.65. The summed E-state index contributed by atoms with van der Waals surface area (Å²) in [5, 5.41) is 0. The van der Waals surface area contributed by atoms with E-state index in [1.807, 2.05) is 30.9 Å². The van der Waals surface area contributed by atoms with Crippen LogP contribution in [-0.4, -0.2) is 42.6 Å². The number of carbonyl (C=O) groups is 2. The van der Waals surface area contributed by atoms with Gasteiger partial charge in [-0.15, -0.1) is 0 Å². The van der Waals surface area contributed by atoms with E-state index in [2.05, 4.69) is 32.9 Å². The Bertz CT molecular complexity index is 625. The van der Waals surface area contributed by atoms with Crippen molar-refractivity contribution in [3.05, 3.63) is 29.8 Å². The topological polar surface area (TPSA) is 55.8 Å². The molecule has 5 heteroatoms. The molecule has 1 aliphatic rings. The van der Waals surface area contributed by atoms with Gasteiger partial charge in [-0.1, -0.05) is 39.8 Å². The molecule has 0 spiro atoms. The monoisotopic (exact) mass is 375 g/mol. The zero-order valence-corrected chi connectivity index (χ0v) is 17.3. The number of ether oxygens (including phenoxy) is 2. The molecule has 1 aromatic rings. The van der Waals surface area contributed by atoms with Crippen LogP contribution in [0.1, 0.15) is 59.4 Å². The molecule has 1 unspecified atom stereocenters. The van der Waals surface area contributed by atoms with E-state index in [0.29, 0.717) is 44.7 Å². The van der Waals surface area contributed by atoms with Crippen molar-refractivity contribution in [2.75, 3.05) is 19.7 Å². The van der Waals surface area contributed by atoms with Crippen LogP contribution in [0.2, 0.25) is 0 Å². The SMILES string of the molecule is CCOC(=O)C1CCN(C(=O)C(CC)Oc2ccc(C(C)(C)C)cc2)CC1. The lowest BCUT2D eigenvalue weighted by Gasteiger charge is -2.33.